The minimum Gasteiger partial charge on any atom is -0.480 e. The lowest BCUT2D eigenvalue weighted by atomic mass is 10.0. The molecule has 3 amide bonds. The first kappa shape index (κ1) is 22.1. The maximum Gasteiger partial charge on any atom is 0.326 e. The van der Waals surface area contributed by atoms with Gasteiger partial charge in [-0.25, -0.2) is 4.79 Å². The third-order valence-corrected chi connectivity index (χ3v) is 5.24. The molecule has 0 aliphatic carbocycles. The molecule has 0 spiro atoms. The minimum absolute atomic E-state index is 0.120. The standard InChI is InChI=1S/C18H30N4O6/c1-10(2)14(18(27)28)21-15(24)12(9-23)20-16(25)13-6-4-8-22(13)17(26)11-5-3-7-19-11/h10-14,19,23H,3-9H2,1-2H3,(H,20,25)(H,21,24)(H,27,28). The van der Waals surface area contributed by atoms with E-state index in [9.17, 15) is 29.4 Å². The van der Waals surface area contributed by atoms with Crippen molar-refractivity contribution in [3.8, 4) is 0 Å². The van der Waals surface area contributed by atoms with E-state index in [1.165, 1.54) is 4.90 Å². The second-order valence-electron chi connectivity index (χ2n) is 7.65. The zero-order valence-corrected chi connectivity index (χ0v) is 16.3. The van der Waals surface area contributed by atoms with Crippen LogP contribution in [0.1, 0.15) is 39.5 Å². The SMILES string of the molecule is CC(C)C(NC(=O)C(CO)NC(=O)C1CCCN1C(=O)C1CCCN1)C(=O)O. The third kappa shape index (κ3) is 5.20. The van der Waals surface area contributed by atoms with E-state index in [1.54, 1.807) is 13.8 Å². The molecule has 158 valence electrons. The van der Waals surface area contributed by atoms with E-state index in [1.807, 2.05) is 0 Å². The molecule has 10 heteroatoms. The van der Waals surface area contributed by atoms with Gasteiger partial charge in [0.15, 0.2) is 0 Å². The van der Waals surface area contributed by atoms with Crippen LogP contribution in [0.2, 0.25) is 0 Å². The van der Waals surface area contributed by atoms with Crippen molar-refractivity contribution in [2.24, 2.45) is 5.92 Å². The second-order valence-corrected chi connectivity index (χ2v) is 7.65. The highest BCUT2D eigenvalue weighted by Gasteiger charge is 2.39. The quantitative estimate of drug-likeness (QED) is 0.332. The van der Waals surface area contributed by atoms with Crippen molar-refractivity contribution in [2.45, 2.75) is 63.7 Å². The van der Waals surface area contributed by atoms with Gasteiger partial charge in [-0.2, -0.15) is 0 Å². The fraction of sp³-hybridized carbons (Fsp3) is 0.778. The van der Waals surface area contributed by atoms with Gasteiger partial charge in [0.2, 0.25) is 17.7 Å². The Morgan fingerprint density at radius 1 is 1.14 bits per heavy atom. The number of carbonyl (C=O) groups excluding carboxylic acids is 3. The van der Waals surface area contributed by atoms with Gasteiger partial charge in [-0.3, -0.25) is 14.4 Å². The predicted molar refractivity (Wildman–Crippen MR) is 99.2 cm³/mol. The normalized spacial score (nSPS) is 24.1. The Bertz CT molecular complexity index is 605. The largest absolute Gasteiger partial charge is 0.480 e. The number of nitrogens with one attached hydrogen (secondary N) is 3. The second kappa shape index (κ2) is 9.83. The Balaban J connectivity index is 1.99. The van der Waals surface area contributed by atoms with Crippen LogP contribution in [0.3, 0.4) is 0 Å². The molecular formula is C18H30N4O6. The maximum atomic E-state index is 12.7. The smallest absolute Gasteiger partial charge is 0.326 e. The minimum atomic E-state index is -1.28. The summed E-state index contributed by atoms with van der Waals surface area (Å²) in [5.74, 6) is -2.97. The van der Waals surface area contributed by atoms with E-state index >= 15 is 0 Å². The van der Waals surface area contributed by atoms with E-state index in [2.05, 4.69) is 16.0 Å². The maximum absolute atomic E-state index is 12.7. The predicted octanol–water partition coefficient (Wildman–Crippen LogP) is -1.57. The van der Waals surface area contributed by atoms with Gasteiger partial charge in [0.05, 0.1) is 12.6 Å². The lowest BCUT2D eigenvalue weighted by Gasteiger charge is -2.28. The molecule has 0 aromatic carbocycles. The first-order valence-electron chi connectivity index (χ1n) is 9.74. The summed E-state index contributed by atoms with van der Waals surface area (Å²) in [6.45, 7) is 3.86. The highest BCUT2D eigenvalue weighted by atomic mass is 16.4. The molecule has 0 aromatic heterocycles. The van der Waals surface area contributed by atoms with Gasteiger partial charge in [0.25, 0.3) is 0 Å². The summed E-state index contributed by atoms with van der Waals surface area (Å²) >= 11 is 0. The van der Waals surface area contributed by atoms with Gasteiger partial charge in [-0.15, -0.1) is 0 Å². The molecule has 2 saturated heterocycles. The number of carboxylic acid groups (broad SMARTS) is 1. The van der Waals surface area contributed by atoms with Crippen molar-refractivity contribution in [1.29, 1.82) is 0 Å². The van der Waals surface area contributed by atoms with Crippen molar-refractivity contribution in [3.63, 3.8) is 0 Å². The summed E-state index contributed by atoms with van der Waals surface area (Å²) in [4.78, 5) is 50.4. The molecule has 0 bridgehead atoms. The molecule has 28 heavy (non-hydrogen) atoms. The average molecular weight is 398 g/mol. The fourth-order valence-electron chi connectivity index (χ4n) is 3.63. The number of aliphatic hydroxyl groups excluding tert-OH is 1. The molecule has 0 aromatic rings. The van der Waals surface area contributed by atoms with Crippen LogP contribution in [-0.4, -0.2) is 82.7 Å². The average Bonchev–Trinajstić information content (AvgIpc) is 3.34. The van der Waals surface area contributed by atoms with Crippen molar-refractivity contribution in [2.75, 3.05) is 19.7 Å². The third-order valence-electron chi connectivity index (χ3n) is 5.24. The van der Waals surface area contributed by atoms with Crippen LogP contribution in [0, 0.1) is 5.92 Å². The van der Waals surface area contributed by atoms with Crippen molar-refractivity contribution in [1.82, 2.24) is 20.9 Å². The number of likely N-dealkylation sites (tertiary alicyclic amines) is 1. The zero-order valence-electron chi connectivity index (χ0n) is 16.3. The van der Waals surface area contributed by atoms with Gasteiger partial charge in [0.1, 0.15) is 18.1 Å². The molecule has 10 nitrogen and oxygen atoms in total. The van der Waals surface area contributed by atoms with Crippen LogP contribution in [0.15, 0.2) is 0 Å². The molecule has 4 unspecified atom stereocenters. The van der Waals surface area contributed by atoms with Crippen LogP contribution in [0.4, 0.5) is 0 Å². The lowest BCUT2D eigenvalue weighted by molar-refractivity contribution is -0.144. The van der Waals surface area contributed by atoms with E-state index < -0.39 is 42.5 Å². The molecule has 2 aliphatic rings. The van der Waals surface area contributed by atoms with Crippen LogP contribution in [0.25, 0.3) is 0 Å². The van der Waals surface area contributed by atoms with Crippen molar-refractivity contribution in [3.05, 3.63) is 0 Å². The molecule has 2 heterocycles. The summed E-state index contributed by atoms with van der Waals surface area (Å²) in [5, 5.41) is 26.6. The number of hydrogen-bond donors (Lipinski definition) is 5. The highest BCUT2D eigenvalue weighted by molar-refractivity contribution is 5.94. The Kier molecular flexibility index (Phi) is 7.76. The zero-order chi connectivity index (χ0) is 20.8. The highest BCUT2D eigenvalue weighted by Crippen LogP contribution is 2.21. The van der Waals surface area contributed by atoms with Crippen molar-refractivity contribution >= 4 is 23.7 Å². The number of carboxylic acids is 1. The number of aliphatic carboxylic acids is 1. The number of aliphatic hydroxyl groups is 1. The summed E-state index contributed by atoms with van der Waals surface area (Å²) in [6, 6.07) is -3.39. The lowest BCUT2D eigenvalue weighted by Crippen LogP contribution is -2.58. The van der Waals surface area contributed by atoms with Gasteiger partial charge in [-0.1, -0.05) is 13.8 Å². The summed E-state index contributed by atoms with van der Waals surface area (Å²) in [7, 11) is 0. The molecule has 2 rings (SSSR count). The van der Waals surface area contributed by atoms with Crippen LogP contribution in [0.5, 0.6) is 0 Å². The Morgan fingerprint density at radius 3 is 2.39 bits per heavy atom. The summed E-state index contributed by atoms with van der Waals surface area (Å²) in [6.07, 6.45) is 2.81. The molecule has 2 aliphatic heterocycles. The summed E-state index contributed by atoms with van der Waals surface area (Å²) < 4.78 is 0. The number of nitrogens with zero attached hydrogens (tertiary/aromatic N) is 1. The molecule has 0 radical (unpaired) electrons. The summed E-state index contributed by atoms with van der Waals surface area (Å²) in [5.41, 5.74) is 0. The van der Waals surface area contributed by atoms with Gasteiger partial charge in [-0.05, 0) is 38.1 Å². The Labute approximate surface area is 164 Å². The van der Waals surface area contributed by atoms with Gasteiger partial charge < -0.3 is 31.1 Å². The van der Waals surface area contributed by atoms with E-state index in [-0.39, 0.29) is 17.9 Å². The molecule has 0 saturated carbocycles. The first-order chi connectivity index (χ1) is 13.3. The number of carbonyl (C=O) groups is 4. The van der Waals surface area contributed by atoms with E-state index in [4.69, 9.17) is 0 Å². The Morgan fingerprint density at radius 2 is 1.86 bits per heavy atom. The van der Waals surface area contributed by atoms with Gasteiger partial charge in [0, 0.05) is 6.54 Å². The van der Waals surface area contributed by atoms with Crippen LogP contribution in [-0.2, 0) is 19.2 Å². The monoisotopic (exact) mass is 398 g/mol. The van der Waals surface area contributed by atoms with Gasteiger partial charge >= 0.3 is 5.97 Å². The van der Waals surface area contributed by atoms with E-state index in [0.717, 1.165) is 19.4 Å². The first-order valence-corrected chi connectivity index (χ1v) is 9.74. The van der Waals surface area contributed by atoms with E-state index in [0.29, 0.717) is 19.4 Å². The van der Waals surface area contributed by atoms with Crippen LogP contribution < -0.4 is 16.0 Å². The van der Waals surface area contributed by atoms with Crippen LogP contribution >= 0.6 is 0 Å². The number of rotatable bonds is 8. The Hall–Kier alpha value is -2.20. The fourth-order valence-corrected chi connectivity index (χ4v) is 3.63. The molecule has 2 fully saturated rings. The van der Waals surface area contributed by atoms with Crippen molar-refractivity contribution < 1.29 is 29.4 Å². The number of hydrogen-bond acceptors (Lipinski definition) is 6. The molecule has 4 atom stereocenters. The molecule has 5 N–H and O–H groups in total. The number of amides is 3. The molecular weight excluding hydrogens is 368 g/mol. The topological polar surface area (TPSA) is 148 Å².